The summed E-state index contributed by atoms with van der Waals surface area (Å²) < 4.78 is 29.4. The summed E-state index contributed by atoms with van der Waals surface area (Å²) in [4.78, 5) is 24.1. The van der Waals surface area contributed by atoms with E-state index in [1.54, 1.807) is 16.8 Å². The zero-order valence-corrected chi connectivity index (χ0v) is 15.9. The monoisotopic (exact) mass is 401 g/mol. The third kappa shape index (κ3) is 4.57. The van der Waals surface area contributed by atoms with Crippen molar-refractivity contribution in [2.45, 2.75) is 26.6 Å². The van der Waals surface area contributed by atoms with Crippen LogP contribution in [0, 0.1) is 0 Å². The van der Waals surface area contributed by atoms with Crippen LogP contribution in [0.4, 0.5) is 8.78 Å². The van der Waals surface area contributed by atoms with Gasteiger partial charge in [-0.05, 0) is 29.7 Å². The highest BCUT2D eigenvalue weighted by Crippen LogP contribution is 2.19. The van der Waals surface area contributed by atoms with Crippen molar-refractivity contribution in [1.82, 2.24) is 18.9 Å². The van der Waals surface area contributed by atoms with Crippen molar-refractivity contribution < 1.29 is 8.78 Å². The Morgan fingerprint density at radius 3 is 2.34 bits per heavy atom. The molecule has 0 aliphatic rings. The minimum atomic E-state index is -1.89. The first kappa shape index (κ1) is 20.4. The number of aryl methyl sites for hydroxylation is 1. The number of hydrogen-bond acceptors (Lipinski definition) is 4. The van der Waals surface area contributed by atoms with Crippen molar-refractivity contribution in [3.05, 3.63) is 87.0 Å². The minimum Gasteiger partial charge on any atom is -0.327 e. The van der Waals surface area contributed by atoms with E-state index < -0.39 is 11.8 Å². The third-order valence-corrected chi connectivity index (χ3v) is 4.62. The molecule has 0 spiro atoms. The number of rotatable bonds is 7. The predicted molar refractivity (Wildman–Crippen MR) is 106 cm³/mol. The van der Waals surface area contributed by atoms with E-state index in [2.05, 4.69) is 5.10 Å². The molecule has 2 N–H and O–H groups in total. The first-order valence-corrected chi connectivity index (χ1v) is 9.08. The van der Waals surface area contributed by atoms with E-state index in [9.17, 15) is 18.4 Å². The van der Waals surface area contributed by atoms with Crippen LogP contribution < -0.4 is 17.0 Å². The van der Waals surface area contributed by atoms with Gasteiger partial charge in [-0.1, -0.05) is 24.3 Å². The second-order valence-corrected chi connectivity index (χ2v) is 6.51. The van der Waals surface area contributed by atoms with Gasteiger partial charge in [0.25, 0.3) is 11.6 Å². The van der Waals surface area contributed by atoms with Crippen LogP contribution in [0.15, 0.2) is 70.2 Å². The van der Waals surface area contributed by atoms with Gasteiger partial charge in [-0.15, -0.1) is 0 Å². The maximum absolute atomic E-state index is 12.7. The lowest BCUT2D eigenvalue weighted by atomic mass is 10.1. The van der Waals surface area contributed by atoms with Crippen LogP contribution in [-0.2, 0) is 19.6 Å². The summed E-state index contributed by atoms with van der Waals surface area (Å²) >= 11 is 0. The Bertz CT molecular complexity index is 1140. The van der Waals surface area contributed by atoms with E-state index >= 15 is 0 Å². The average Bonchev–Trinajstić information content (AvgIpc) is 3.06. The molecular weight excluding hydrogens is 380 g/mol. The minimum absolute atomic E-state index is 0.0514. The molecule has 0 amide bonds. The quantitative estimate of drug-likeness (QED) is 0.656. The summed E-state index contributed by atoms with van der Waals surface area (Å²) in [6, 6.07) is 10.8. The zero-order chi connectivity index (χ0) is 21.0. The SMILES string of the molecule is CCn1cc(-c2ccc(Cn3cnn(CC(CN)=C(F)F)c3=O)cc2)ccc1=O. The number of nitrogens with two attached hydrogens (primary N) is 1. The number of hydrogen-bond donors (Lipinski definition) is 1. The first-order valence-electron chi connectivity index (χ1n) is 9.08. The van der Waals surface area contributed by atoms with Gasteiger partial charge in [0.15, 0.2) is 0 Å². The molecule has 0 unspecified atom stereocenters. The largest absolute Gasteiger partial charge is 0.346 e. The van der Waals surface area contributed by atoms with Crippen molar-refractivity contribution in [2.24, 2.45) is 5.73 Å². The molecule has 0 atom stereocenters. The van der Waals surface area contributed by atoms with Crippen LogP contribution in [0.25, 0.3) is 11.1 Å². The lowest BCUT2D eigenvalue weighted by Crippen LogP contribution is -2.27. The van der Waals surface area contributed by atoms with Gasteiger partial charge in [0.2, 0.25) is 0 Å². The summed E-state index contributed by atoms with van der Waals surface area (Å²) in [5, 5.41) is 3.89. The molecule has 0 radical (unpaired) electrons. The van der Waals surface area contributed by atoms with Crippen LogP contribution in [0.5, 0.6) is 0 Å². The van der Waals surface area contributed by atoms with Crippen LogP contribution in [0.2, 0.25) is 0 Å². The molecular formula is C20H21F2N5O2. The highest BCUT2D eigenvalue weighted by molar-refractivity contribution is 5.62. The third-order valence-electron chi connectivity index (χ3n) is 4.62. The fraction of sp³-hybridized carbons (Fsp3) is 0.250. The molecule has 2 heterocycles. The average molecular weight is 401 g/mol. The van der Waals surface area contributed by atoms with Gasteiger partial charge >= 0.3 is 5.69 Å². The molecule has 3 rings (SSSR count). The molecule has 0 aliphatic carbocycles. The fourth-order valence-electron chi connectivity index (χ4n) is 2.92. The maximum Gasteiger partial charge on any atom is 0.346 e. The summed E-state index contributed by atoms with van der Waals surface area (Å²) in [5.41, 5.74) is 7.13. The molecule has 9 heteroatoms. The van der Waals surface area contributed by atoms with Gasteiger partial charge in [0, 0.05) is 30.9 Å². The van der Waals surface area contributed by atoms with Gasteiger partial charge in [-0.3, -0.25) is 9.36 Å². The van der Waals surface area contributed by atoms with Crippen molar-refractivity contribution in [1.29, 1.82) is 0 Å². The molecule has 0 bridgehead atoms. The highest BCUT2D eigenvalue weighted by Gasteiger charge is 2.11. The Morgan fingerprint density at radius 2 is 1.72 bits per heavy atom. The molecule has 7 nitrogen and oxygen atoms in total. The van der Waals surface area contributed by atoms with Crippen LogP contribution in [-0.4, -0.2) is 25.5 Å². The Balaban J connectivity index is 1.78. The summed E-state index contributed by atoms with van der Waals surface area (Å²) in [6.45, 7) is 2.07. The molecule has 0 fully saturated rings. The van der Waals surface area contributed by atoms with Crippen molar-refractivity contribution in [2.75, 3.05) is 6.54 Å². The molecule has 29 heavy (non-hydrogen) atoms. The lowest BCUT2D eigenvalue weighted by molar-refractivity contribution is 0.400. The van der Waals surface area contributed by atoms with Gasteiger partial charge in [-0.25, -0.2) is 9.48 Å². The summed E-state index contributed by atoms with van der Waals surface area (Å²) in [6.07, 6.45) is 1.23. The molecule has 3 aromatic rings. The van der Waals surface area contributed by atoms with Crippen molar-refractivity contribution in [3.8, 4) is 11.1 Å². The van der Waals surface area contributed by atoms with Crippen LogP contribution in [0.1, 0.15) is 12.5 Å². The molecule has 152 valence electrons. The number of halogens is 2. The van der Waals surface area contributed by atoms with Crippen molar-refractivity contribution in [3.63, 3.8) is 0 Å². The smallest absolute Gasteiger partial charge is 0.327 e. The van der Waals surface area contributed by atoms with E-state index in [-0.39, 0.29) is 30.8 Å². The number of pyridine rings is 1. The Hall–Kier alpha value is -3.33. The maximum atomic E-state index is 12.7. The molecule has 0 saturated heterocycles. The Labute approximate surface area is 165 Å². The van der Waals surface area contributed by atoms with Crippen LogP contribution in [0.3, 0.4) is 0 Å². The fourth-order valence-corrected chi connectivity index (χ4v) is 2.92. The Morgan fingerprint density at radius 1 is 1.03 bits per heavy atom. The topological polar surface area (TPSA) is 87.8 Å². The molecule has 1 aromatic carbocycles. The second-order valence-electron chi connectivity index (χ2n) is 6.51. The van der Waals surface area contributed by atoms with Gasteiger partial charge in [-0.2, -0.15) is 13.9 Å². The number of benzene rings is 1. The molecule has 0 aliphatic heterocycles. The number of aromatic nitrogens is 4. The van der Waals surface area contributed by atoms with E-state index in [0.29, 0.717) is 6.54 Å². The molecule has 0 saturated carbocycles. The van der Waals surface area contributed by atoms with E-state index in [4.69, 9.17) is 5.73 Å². The van der Waals surface area contributed by atoms with Gasteiger partial charge in [0.1, 0.15) is 6.33 Å². The standard InChI is InChI=1S/C20H21F2N5O2/c1-2-25-11-16(7-8-18(25)28)15-5-3-14(4-6-15)10-26-13-24-27(20(26)29)12-17(9-23)19(21)22/h3-8,11,13H,2,9-10,12,23H2,1H3. The highest BCUT2D eigenvalue weighted by atomic mass is 19.3. The summed E-state index contributed by atoms with van der Waals surface area (Å²) in [5.74, 6) is 0. The van der Waals surface area contributed by atoms with E-state index in [1.807, 2.05) is 31.2 Å². The number of nitrogens with zero attached hydrogens (tertiary/aromatic N) is 4. The summed E-state index contributed by atoms with van der Waals surface area (Å²) in [7, 11) is 0. The van der Waals surface area contributed by atoms with Crippen LogP contribution >= 0.6 is 0 Å². The van der Waals surface area contributed by atoms with Gasteiger partial charge < -0.3 is 10.3 Å². The lowest BCUT2D eigenvalue weighted by Gasteiger charge is -2.07. The van der Waals surface area contributed by atoms with E-state index in [1.165, 1.54) is 17.0 Å². The Kier molecular flexibility index (Phi) is 6.18. The first-order chi connectivity index (χ1) is 13.9. The van der Waals surface area contributed by atoms with E-state index in [0.717, 1.165) is 21.4 Å². The second kappa shape index (κ2) is 8.78. The van der Waals surface area contributed by atoms with Crippen molar-refractivity contribution >= 4 is 0 Å². The molecule has 2 aromatic heterocycles. The normalized spacial score (nSPS) is 10.9. The van der Waals surface area contributed by atoms with Gasteiger partial charge in [0.05, 0.1) is 13.1 Å². The zero-order valence-electron chi connectivity index (χ0n) is 15.9. The predicted octanol–water partition coefficient (Wildman–Crippen LogP) is 2.05.